The van der Waals surface area contributed by atoms with E-state index in [9.17, 15) is 13.6 Å². The van der Waals surface area contributed by atoms with Crippen molar-refractivity contribution in [2.75, 3.05) is 31.5 Å². The van der Waals surface area contributed by atoms with Gasteiger partial charge in [0, 0.05) is 37.9 Å². The Morgan fingerprint density at radius 2 is 2.07 bits per heavy atom. The zero-order chi connectivity index (χ0) is 19.4. The highest BCUT2D eigenvalue weighted by Crippen LogP contribution is 2.29. The van der Waals surface area contributed by atoms with Crippen LogP contribution in [0.5, 0.6) is 5.75 Å². The predicted molar refractivity (Wildman–Crippen MR) is 95.2 cm³/mol. The molecule has 0 bridgehead atoms. The standard InChI is InChI=1S/C17H19ClF2N4O3/c1-11-8-13(27-22-11)10-23-4-6-24(7-5-23)17(25)21-12-2-3-15(14(18)9-12)26-16(19)20/h2-3,8-9,16H,4-7,10H2,1H3,(H,21,25). The molecule has 1 aromatic carbocycles. The lowest BCUT2D eigenvalue weighted by Crippen LogP contribution is -2.49. The first kappa shape index (κ1) is 19.4. The highest BCUT2D eigenvalue weighted by molar-refractivity contribution is 6.32. The molecule has 1 aromatic heterocycles. The second-order valence-electron chi connectivity index (χ2n) is 6.15. The van der Waals surface area contributed by atoms with Crippen LogP contribution in [0.3, 0.4) is 0 Å². The maximum atomic E-state index is 12.4. The van der Waals surface area contributed by atoms with E-state index in [1.54, 1.807) is 4.90 Å². The largest absolute Gasteiger partial charge is 0.433 e. The van der Waals surface area contributed by atoms with Crippen LogP contribution in [0.2, 0.25) is 5.02 Å². The number of carbonyl (C=O) groups excluding carboxylic acids is 1. The summed E-state index contributed by atoms with van der Waals surface area (Å²) in [5, 5.41) is 6.58. The molecule has 1 N–H and O–H groups in total. The third kappa shape index (κ3) is 5.30. The smallest absolute Gasteiger partial charge is 0.387 e. The number of urea groups is 1. The Morgan fingerprint density at radius 3 is 2.67 bits per heavy atom. The molecular weight excluding hydrogens is 382 g/mol. The zero-order valence-electron chi connectivity index (χ0n) is 14.6. The number of aryl methyl sites for hydroxylation is 1. The van der Waals surface area contributed by atoms with Crippen LogP contribution in [0, 0.1) is 6.92 Å². The van der Waals surface area contributed by atoms with Gasteiger partial charge in [0.2, 0.25) is 0 Å². The number of hydrogen-bond donors (Lipinski definition) is 1. The van der Waals surface area contributed by atoms with Crippen LogP contribution in [0.25, 0.3) is 0 Å². The molecule has 0 unspecified atom stereocenters. The number of benzene rings is 1. The van der Waals surface area contributed by atoms with Gasteiger partial charge < -0.3 is 19.5 Å². The van der Waals surface area contributed by atoms with Crippen LogP contribution in [0.1, 0.15) is 11.5 Å². The van der Waals surface area contributed by atoms with Gasteiger partial charge in [-0.15, -0.1) is 0 Å². The Kier molecular flexibility index (Phi) is 6.12. The fourth-order valence-electron chi connectivity index (χ4n) is 2.79. The molecule has 2 amide bonds. The number of alkyl halides is 2. The molecule has 1 aliphatic heterocycles. The monoisotopic (exact) mass is 400 g/mol. The van der Waals surface area contributed by atoms with Crippen molar-refractivity contribution in [2.24, 2.45) is 0 Å². The average Bonchev–Trinajstić information content (AvgIpc) is 3.02. The molecule has 1 fully saturated rings. The fraction of sp³-hybridized carbons (Fsp3) is 0.412. The first-order valence-corrected chi connectivity index (χ1v) is 8.73. The topological polar surface area (TPSA) is 70.8 Å². The van der Waals surface area contributed by atoms with Crippen LogP contribution in [0.4, 0.5) is 19.3 Å². The molecule has 10 heteroatoms. The van der Waals surface area contributed by atoms with Crippen molar-refractivity contribution in [1.82, 2.24) is 15.0 Å². The van der Waals surface area contributed by atoms with E-state index in [1.807, 2.05) is 13.0 Å². The van der Waals surface area contributed by atoms with E-state index in [2.05, 4.69) is 20.1 Å². The zero-order valence-corrected chi connectivity index (χ0v) is 15.4. The van der Waals surface area contributed by atoms with Gasteiger partial charge in [0.25, 0.3) is 0 Å². The van der Waals surface area contributed by atoms with Crippen molar-refractivity contribution in [3.8, 4) is 5.75 Å². The number of hydrogen-bond acceptors (Lipinski definition) is 5. The van der Waals surface area contributed by atoms with Gasteiger partial charge in [-0.05, 0) is 25.1 Å². The molecule has 1 saturated heterocycles. The number of amides is 2. The molecule has 7 nitrogen and oxygen atoms in total. The number of carbonyl (C=O) groups is 1. The van der Waals surface area contributed by atoms with Crippen molar-refractivity contribution >= 4 is 23.3 Å². The minimum Gasteiger partial charge on any atom is -0.433 e. The molecule has 0 saturated carbocycles. The maximum Gasteiger partial charge on any atom is 0.387 e. The number of piperazine rings is 1. The Balaban J connectivity index is 1.50. The summed E-state index contributed by atoms with van der Waals surface area (Å²) in [6.45, 7) is 2.08. The first-order chi connectivity index (χ1) is 12.9. The molecule has 0 atom stereocenters. The van der Waals surface area contributed by atoms with Crippen LogP contribution >= 0.6 is 11.6 Å². The van der Waals surface area contributed by atoms with Crippen molar-refractivity contribution in [2.45, 2.75) is 20.1 Å². The summed E-state index contributed by atoms with van der Waals surface area (Å²) in [6.07, 6.45) is 0. The lowest BCUT2D eigenvalue weighted by atomic mass is 10.3. The van der Waals surface area contributed by atoms with E-state index in [1.165, 1.54) is 18.2 Å². The highest BCUT2D eigenvalue weighted by Gasteiger charge is 2.22. The normalized spacial score (nSPS) is 15.2. The van der Waals surface area contributed by atoms with Crippen LogP contribution in [0.15, 0.2) is 28.8 Å². The molecule has 1 aliphatic rings. The van der Waals surface area contributed by atoms with Crippen LogP contribution < -0.4 is 10.1 Å². The quantitative estimate of drug-likeness (QED) is 0.830. The van der Waals surface area contributed by atoms with Crippen molar-refractivity contribution in [1.29, 1.82) is 0 Å². The minimum atomic E-state index is -2.96. The SMILES string of the molecule is Cc1cc(CN2CCN(C(=O)Nc3ccc(OC(F)F)c(Cl)c3)CC2)on1. The molecule has 146 valence electrons. The summed E-state index contributed by atoms with van der Waals surface area (Å²) in [6, 6.07) is 5.75. The van der Waals surface area contributed by atoms with E-state index >= 15 is 0 Å². The van der Waals surface area contributed by atoms with E-state index in [0.717, 1.165) is 11.5 Å². The number of anilines is 1. The van der Waals surface area contributed by atoms with Crippen molar-refractivity contribution < 1.29 is 22.8 Å². The van der Waals surface area contributed by atoms with E-state index < -0.39 is 6.61 Å². The van der Waals surface area contributed by atoms with Gasteiger partial charge in [0.15, 0.2) is 5.76 Å². The average molecular weight is 401 g/mol. The second kappa shape index (κ2) is 8.53. The van der Waals surface area contributed by atoms with Gasteiger partial charge >= 0.3 is 12.6 Å². The van der Waals surface area contributed by atoms with E-state index in [0.29, 0.717) is 38.4 Å². The summed E-state index contributed by atoms with van der Waals surface area (Å²) in [5.41, 5.74) is 1.25. The number of aromatic nitrogens is 1. The molecule has 2 heterocycles. The molecule has 0 radical (unpaired) electrons. The van der Waals surface area contributed by atoms with Gasteiger partial charge in [-0.1, -0.05) is 16.8 Å². The van der Waals surface area contributed by atoms with E-state index in [4.69, 9.17) is 16.1 Å². The first-order valence-electron chi connectivity index (χ1n) is 8.35. The van der Waals surface area contributed by atoms with Crippen molar-refractivity contribution in [3.63, 3.8) is 0 Å². The van der Waals surface area contributed by atoms with Crippen LogP contribution in [-0.2, 0) is 6.54 Å². The maximum absolute atomic E-state index is 12.4. The predicted octanol–water partition coefficient (Wildman–Crippen LogP) is 3.59. The van der Waals surface area contributed by atoms with Gasteiger partial charge in [-0.2, -0.15) is 8.78 Å². The summed E-state index contributed by atoms with van der Waals surface area (Å²) >= 11 is 5.90. The summed E-state index contributed by atoms with van der Waals surface area (Å²) in [5.74, 6) is 0.659. The lowest BCUT2D eigenvalue weighted by molar-refractivity contribution is -0.0497. The number of nitrogens with one attached hydrogen (secondary N) is 1. The number of nitrogens with zero attached hydrogens (tertiary/aromatic N) is 3. The third-order valence-corrected chi connectivity index (χ3v) is 4.41. The molecule has 3 rings (SSSR count). The number of halogens is 3. The second-order valence-corrected chi connectivity index (χ2v) is 6.56. The Labute approximate surface area is 159 Å². The molecule has 2 aromatic rings. The summed E-state index contributed by atoms with van der Waals surface area (Å²) in [7, 11) is 0. The molecule has 0 aliphatic carbocycles. The molecular formula is C17H19ClF2N4O3. The summed E-state index contributed by atoms with van der Waals surface area (Å²) in [4.78, 5) is 16.2. The van der Waals surface area contributed by atoms with Gasteiger partial charge in [-0.3, -0.25) is 4.90 Å². The minimum absolute atomic E-state index is 0.000250. The number of ether oxygens (including phenoxy) is 1. The Hall–Kier alpha value is -2.39. The highest BCUT2D eigenvalue weighted by atomic mass is 35.5. The fourth-order valence-corrected chi connectivity index (χ4v) is 3.02. The third-order valence-electron chi connectivity index (χ3n) is 4.11. The van der Waals surface area contributed by atoms with Gasteiger partial charge in [0.05, 0.1) is 17.3 Å². The lowest BCUT2D eigenvalue weighted by Gasteiger charge is -2.34. The summed E-state index contributed by atoms with van der Waals surface area (Å²) < 4.78 is 34.0. The Bertz CT molecular complexity index is 794. The van der Waals surface area contributed by atoms with Gasteiger partial charge in [0.1, 0.15) is 5.75 Å². The van der Waals surface area contributed by atoms with Crippen LogP contribution in [-0.4, -0.2) is 53.8 Å². The Morgan fingerprint density at radius 1 is 1.33 bits per heavy atom. The van der Waals surface area contributed by atoms with Crippen molar-refractivity contribution in [3.05, 3.63) is 40.7 Å². The molecule has 0 spiro atoms. The number of rotatable bonds is 5. The van der Waals surface area contributed by atoms with Gasteiger partial charge in [-0.25, -0.2) is 4.79 Å². The van der Waals surface area contributed by atoms with E-state index in [-0.39, 0.29) is 16.8 Å². The molecule has 27 heavy (non-hydrogen) atoms.